The number of hydrogen-bond acceptors (Lipinski definition) is 2. The number of likely N-dealkylation sites (N-methyl/N-ethyl adjacent to an activating group) is 1. The normalized spacial score (nSPS) is 14.7. The van der Waals surface area contributed by atoms with Gasteiger partial charge >= 0.3 is 0 Å². The van der Waals surface area contributed by atoms with Crippen LogP contribution in [0.5, 0.6) is 0 Å². The van der Waals surface area contributed by atoms with E-state index in [0.29, 0.717) is 12.0 Å². The summed E-state index contributed by atoms with van der Waals surface area (Å²) in [5.74, 6) is 0.564. The summed E-state index contributed by atoms with van der Waals surface area (Å²) in [6.07, 6.45) is 7.59. The van der Waals surface area contributed by atoms with Gasteiger partial charge in [-0.25, -0.2) is 0 Å². The number of aromatic nitrogens is 1. The maximum absolute atomic E-state index is 4.07. The summed E-state index contributed by atoms with van der Waals surface area (Å²) >= 11 is 0. The first-order chi connectivity index (χ1) is 7.79. The number of pyridine rings is 1. The molecule has 16 heavy (non-hydrogen) atoms. The van der Waals surface area contributed by atoms with E-state index in [1.807, 2.05) is 12.4 Å². The number of rotatable bonds is 7. The van der Waals surface area contributed by atoms with Crippen LogP contribution < -0.4 is 5.32 Å². The summed E-state index contributed by atoms with van der Waals surface area (Å²) < 4.78 is 0. The molecule has 2 unspecified atom stereocenters. The molecular formula is C14H24N2. The van der Waals surface area contributed by atoms with Crippen LogP contribution in [0.2, 0.25) is 0 Å². The van der Waals surface area contributed by atoms with Gasteiger partial charge in [0.2, 0.25) is 0 Å². The van der Waals surface area contributed by atoms with E-state index in [9.17, 15) is 0 Å². The van der Waals surface area contributed by atoms with Crippen LogP contribution in [-0.2, 0) is 0 Å². The van der Waals surface area contributed by atoms with Crippen LogP contribution in [0.4, 0.5) is 0 Å². The van der Waals surface area contributed by atoms with E-state index in [4.69, 9.17) is 0 Å². The van der Waals surface area contributed by atoms with E-state index in [1.54, 1.807) is 0 Å². The van der Waals surface area contributed by atoms with E-state index in [1.165, 1.54) is 24.8 Å². The Morgan fingerprint density at radius 3 is 2.50 bits per heavy atom. The van der Waals surface area contributed by atoms with Crippen molar-refractivity contribution in [2.45, 2.75) is 52.0 Å². The van der Waals surface area contributed by atoms with Crippen LogP contribution >= 0.6 is 0 Å². The van der Waals surface area contributed by atoms with Crippen molar-refractivity contribution >= 4 is 0 Å². The minimum absolute atomic E-state index is 0.564. The molecule has 1 aromatic rings. The molecule has 0 aliphatic carbocycles. The van der Waals surface area contributed by atoms with Gasteiger partial charge in [-0.05, 0) is 36.6 Å². The van der Waals surface area contributed by atoms with Crippen molar-refractivity contribution in [3.8, 4) is 0 Å². The molecule has 1 heterocycles. The molecule has 90 valence electrons. The van der Waals surface area contributed by atoms with Gasteiger partial charge < -0.3 is 5.32 Å². The van der Waals surface area contributed by atoms with Gasteiger partial charge in [0.25, 0.3) is 0 Å². The predicted molar refractivity (Wildman–Crippen MR) is 69.6 cm³/mol. The summed E-state index contributed by atoms with van der Waals surface area (Å²) in [6, 6.07) is 4.84. The fourth-order valence-corrected chi connectivity index (χ4v) is 2.11. The van der Waals surface area contributed by atoms with Crippen molar-refractivity contribution in [2.75, 3.05) is 6.54 Å². The molecule has 0 amide bonds. The zero-order valence-corrected chi connectivity index (χ0v) is 10.7. The van der Waals surface area contributed by atoms with Gasteiger partial charge in [-0.2, -0.15) is 0 Å². The summed E-state index contributed by atoms with van der Waals surface area (Å²) in [5.41, 5.74) is 1.39. The van der Waals surface area contributed by atoms with Crippen molar-refractivity contribution in [1.29, 1.82) is 0 Å². The lowest BCUT2D eigenvalue weighted by Crippen LogP contribution is -2.33. The Kier molecular flexibility index (Phi) is 6.09. The summed E-state index contributed by atoms with van der Waals surface area (Å²) in [5, 5.41) is 3.60. The Bertz CT molecular complexity index is 271. The van der Waals surface area contributed by atoms with Crippen LogP contribution in [-0.4, -0.2) is 17.6 Å². The Hall–Kier alpha value is -0.890. The zero-order valence-electron chi connectivity index (χ0n) is 10.7. The monoisotopic (exact) mass is 220 g/mol. The first kappa shape index (κ1) is 13.2. The zero-order chi connectivity index (χ0) is 11.8. The van der Waals surface area contributed by atoms with Gasteiger partial charge in [-0.15, -0.1) is 0 Å². The van der Waals surface area contributed by atoms with E-state index in [2.05, 4.69) is 43.2 Å². The summed E-state index contributed by atoms with van der Waals surface area (Å²) in [4.78, 5) is 4.07. The van der Waals surface area contributed by atoms with Crippen LogP contribution in [0.1, 0.15) is 51.5 Å². The van der Waals surface area contributed by atoms with Crippen LogP contribution in [0, 0.1) is 0 Å². The molecular weight excluding hydrogens is 196 g/mol. The van der Waals surface area contributed by atoms with Gasteiger partial charge in [-0.1, -0.05) is 33.6 Å². The van der Waals surface area contributed by atoms with Crippen LogP contribution in [0.25, 0.3) is 0 Å². The topological polar surface area (TPSA) is 24.9 Å². The molecule has 0 bridgehead atoms. The highest BCUT2D eigenvalue weighted by atomic mass is 14.9. The molecule has 1 rings (SSSR count). The molecule has 0 saturated heterocycles. The number of nitrogens with one attached hydrogen (secondary N) is 1. The molecule has 2 atom stereocenters. The fraction of sp³-hybridized carbons (Fsp3) is 0.643. The highest BCUT2D eigenvalue weighted by molar-refractivity contribution is 5.17. The second-order valence-corrected chi connectivity index (χ2v) is 4.38. The Morgan fingerprint density at radius 2 is 1.94 bits per heavy atom. The van der Waals surface area contributed by atoms with Crippen molar-refractivity contribution in [1.82, 2.24) is 10.3 Å². The smallest absolute Gasteiger partial charge is 0.0270 e. The summed E-state index contributed by atoms with van der Waals surface area (Å²) in [7, 11) is 0. The molecule has 2 nitrogen and oxygen atoms in total. The summed E-state index contributed by atoms with van der Waals surface area (Å²) in [6.45, 7) is 7.78. The molecule has 0 aliphatic heterocycles. The molecule has 1 N–H and O–H groups in total. The Balaban J connectivity index is 2.62. The van der Waals surface area contributed by atoms with Crippen LogP contribution in [0.15, 0.2) is 24.5 Å². The Labute approximate surface area is 99.5 Å². The molecule has 1 aromatic heterocycles. The van der Waals surface area contributed by atoms with Crippen molar-refractivity contribution < 1.29 is 0 Å². The third-order valence-corrected chi connectivity index (χ3v) is 3.17. The third-order valence-electron chi connectivity index (χ3n) is 3.17. The highest BCUT2D eigenvalue weighted by Crippen LogP contribution is 2.21. The lowest BCUT2D eigenvalue weighted by Gasteiger charge is -2.25. The second kappa shape index (κ2) is 7.39. The lowest BCUT2D eigenvalue weighted by molar-refractivity contribution is 0.421. The third kappa shape index (κ3) is 3.93. The van der Waals surface area contributed by atoms with E-state index in [-0.39, 0.29) is 0 Å². The predicted octanol–water partition coefficient (Wildman–Crippen LogP) is 3.35. The number of nitrogens with zero attached hydrogens (tertiary/aromatic N) is 1. The van der Waals surface area contributed by atoms with Crippen molar-refractivity contribution in [3.05, 3.63) is 30.1 Å². The Morgan fingerprint density at radius 1 is 1.25 bits per heavy atom. The van der Waals surface area contributed by atoms with Crippen molar-refractivity contribution in [2.24, 2.45) is 0 Å². The molecule has 2 heteroatoms. The van der Waals surface area contributed by atoms with Gasteiger partial charge in [0.1, 0.15) is 0 Å². The van der Waals surface area contributed by atoms with Gasteiger partial charge in [0, 0.05) is 18.4 Å². The highest BCUT2D eigenvalue weighted by Gasteiger charge is 2.16. The minimum atomic E-state index is 0.564. The molecule has 0 radical (unpaired) electrons. The lowest BCUT2D eigenvalue weighted by atomic mass is 9.90. The average Bonchev–Trinajstić information content (AvgIpc) is 2.35. The molecule has 0 aliphatic rings. The molecule has 0 spiro atoms. The fourth-order valence-electron chi connectivity index (χ4n) is 2.11. The minimum Gasteiger partial charge on any atom is -0.314 e. The van der Waals surface area contributed by atoms with Gasteiger partial charge in [0.05, 0.1) is 0 Å². The number of hydrogen-bond donors (Lipinski definition) is 1. The second-order valence-electron chi connectivity index (χ2n) is 4.38. The van der Waals surface area contributed by atoms with Crippen molar-refractivity contribution in [3.63, 3.8) is 0 Å². The molecule has 0 aromatic carbocycles. The number of unbranched alkanes of at least 4 members (excludes halogenated alkanes) is 1. The standard InChI is InChI=1S/C14H24N2/c1-4-6-7-14(16-5-2)12(3)13-8-10-15-11-9-13/h8-12,14,16H,4-7H2,1-3H3. The largest absolute Gasteiger partial charge is 0.314 e. The van der Waals surface area contributed by atoms with E-state index < -0.39 is 0 Å². The van der Waals surface area contributed by atoms with E-state index in [0.717, 1.165) is 6.54 Å². The van der Waals surface area contributed by atoms with Gasteiger partial charge in [0.15, 0.2) is 0 Å². The van der Waals surface area contributed by atoms with Gasteiger partial charge in [-0.3, -0.25) is 4.98 Å². The first-order valence-corrected chi connectivity index (χ1v) is 6.42. The van der Waals surface area contributed by atoms with E-state index >= 15 is 0 Å². The first-order valence-electron chi connectivity index (χ1n) is 6.42. The quantitative estimate of drug-likeness (QED) is 0.762. The van der Waals surface area contributed by atoms with Crippen LogP contribution in [0.3, 0.4) is 0 Å². The maximum Gasteiger partial charge on any atom is 0.0270 e. The molecule has 0 saturated carbocycles. The molecule has 0 fully saturated rings. The SMILES string of the molecule is CCCCC(NCC)C(C)c1ccncc1. The average molecular weight is 220 g/mol. The maximum atomic E-state index is 4.07.